The molecule has 1 heterocycles. The van der Waals surface area contributed by atoms with Gasteiger partial charge in [-0.1, -0.05) is 0 Å². The maximum atomic E-state index is 11.8. The molecule has 0 unspecified atom stereocenters. The SMILES string of the molecule is FC(F)Oc1cc(C(F)F)n[nH]1. The standard InChI is InChI=1S/C5H4F4N2O/c6-4(7)2-1-3(11-10-2)12-5(8)9/h1,4-5H,(H,10,11). The first-order chi connectivity index (χ1) is 5.59. The molecular weight excluding hydrogens is 180 g/mol. The van der Waals surface area contributed by atoms with E-state index in [1.165, 1.54) is 0 Å². The predicted molar refractivity (Wildman–Crippen MR) is 30.2 cm³/mol. The zero-order valence-corrected chi connectivity index (χ0v) is 5.60. The molecule has 0 atom stereocenters. The molecule has 0 radical (unpaired) electrons. The Bertz CT molecular complexity index is 249. The van der Waals surface area contributed by atoms with Crippen molar-refractivity contribution in [3.63, 3.8) is 0 Å². The quantitative estimate of drug-likeness (QED) is 0.729. The van der Waals surface area contributed by atoms with Crippen LogP contribution in [0.2, 0.25) is 0 Å². The van der Waals surface area contributed by atoms with E-state index in [-0.39, 0.29) is 0 Å². The first kappa shape index (κ1) is 8.82. The summed E-state index contributed by atoms with van der Waals surface area (Å²) in [4.78, 5) is 0. The van der Waals surface area contributed by atoms with Gasteiger partial charge < -0.3 is 4.74 Å². The highest BCUT2D eigenvalue weighted by Crippen LogP contribution is 2.20. The van der Waals surface area contributed by atoms with Gasteiger partial charge in [0.2, 0.25) is 5.88 Å². The Morgan fingerprint density at radius 3 is 2.42 bits per heavy atom. The highest BCUT2D eigenvalue weighted by Gasteiger charge is 2.13. The van der Waals surface area contributed by atoms with E-state index in [1.54, 1.807) is 0 Å². The number of rotatable bonds is 3. The average Bonchev–Trinajstić information content (AvgIpc) is 2.34. The van der Waals surface area contributed by atoms with Gasteiger partial charge >= 0.3 is 6.61 Å². The van der Waals surface area contributed by atoms with Gasteiger partial charge in [0.15, 0.2) is 0 Å². The fourth-order valence-electron chi connectivity index (χ4n) is 0.587. The van der Waals surface area contributed by atoms with Gasteiger partial charge in [0.05, 0.1) is 0 Å². The van der Waals surface area contributed by atoms with Crippen LogP contribution in [0.15, 0.2) is 6.07 Å². The molecule has 7 heteroatoms. The number of ether oxygens (including phenoxy) is 1. The van der Waals surface area contributed by atoms with Crippen LogP contribution in [0.3, 0.4) is 0 Å². The van der Waals surface area contributed by atoms with Crippen LogP contribution >= 0.6 is 0 Å². The number of nitrogens with zero attached hydrogens (tertiary/aromatic N) is 1. The lowest BCUT2D eigenvalue weighted by molar-refractivity contribution is -0.0529. The second-order valence-corrected chi connectivity index (χ2v) is 1.84. The number of hydrogen-bond donors (Lipinski definition) is 1. The lowest BCUT2D eigenvalue weighted by Gasteiger charge is -1.97. The van der Waals surface area contributed by atoms with Gasteiger partial charge in [0.25, 0.3) is 6.43 Å². The Balaban J connectivity index is 2.64. The zero-order chi connectivity index (χ0) is 9.14. The maximum Gasteiger partial charge on any atom is 0.388 e. The fourth-order valence-corrected chi connectivity index (χ4v) is 0.587. The fraction of sp³-hybridized carbons (Fsp3) is 0.400. The predicted octanol–water partition coefficient (Wildman–Crippen LogP) is 1.95. The number of H-pyrrole nitrogens is 1. The molecule has 0 aliphatic heterocycles. The minimum atomic E-state index is -3.05. The monoisotopic (exact) mass is 184 g/mol. The number of alkyl halides is 4. The van der Waals surface area contributed by atoms with Crippen molar-refractivity contribution in [3.05, 3.63) is 11.8 Å². The molecule has 1 aromatic rings. The summed E-state index contributed by atoms with van der Waals surface area (Å²) in [6.07, 6.45) is -2.80. The van der Waals surface area contributed by atoms with Crippen molar-refractivity contribution in [2.45, 2.75) is 13.0 Å². The number of halogens is 4. The van der Waals surface area contributed by atoms with Crippen LogP contribution in [0.1, 0.15) is 12.1 Å². The van der Waals surface area contributed by atoms with Crippen molar-refractivity contribution in [2.24, 2.45) is 0 Å². The van der Waals surface area contributed by atoms with E-state index in [4.69, 9.17) is 0 Å². The molecule has 68 valence electrons. The molecule has 0 bridgehead atoms. The zero-order valence-electron chi connectivity index (χ0n) is 5.60. The molecule has 3 nitrogen and oxygen atoms in total. The third-order valence-corrected chi connectivity index (χ3v) is 1.01. The smallest absolute Gasteiger partial charge is 0.388 e. The van der Waals surface area contributed by atoms with E-state index in [9.17, 15) is 17.6 Å². The summed E-state index contributed by atoms with van der Waals surface area (Å²) in [7, 11) is 0. The minimum absolute atomic E-state index is 0.472. The molecule has 0 saturated heterocycles. The van der Waals surface area contributed by atoms with Gasteiger partial charge in [-0.25, -0.2) is 13.9 Å². The summed E-state index contributed by atoms with van der Waals surface area (Å²) in [6.45, 7) is -3.05. The van der Waals surface area contributed by atoms with Gasteiger partial charge in [-0.15, -0.1) is 0 Å². The van der Waals surface area contributed by atoms with Gasteiger partial charge in [0.1, 0.15) is 5.69 Å². The van der Waals surface area contributed by atoms with Crippen LogP contribution in [0.25, 0.3) is 0 Å². The normalized spacial score (nSPS) is 11.2. The highest BCUT2D eigenvalue weighted by molar-refractivity contribution is 5.14. The summed E-state index contributed by atoms with van der Waals surface area (Å²) < 4.78 is 50.3. The largest absolute Gasteiger partial charge is 0.417 e. The molecule has 0 amide bonds. The van der Waals surface area contributed by atoms with Gasteiger partial charge in [-0.3, -0.25) is 0 Å². The highest BCUT2D eigenvalue weighted by atomic mass is 19.3. The van der Waals surface area contributed by atoms with E-state index >= 15 is 0 Å². The van der Waals surface area contributed by atoms with Crippen LogP contribution in [0.5, 0.6) is 5.88 Å². The summed E-state index contributed by atoms with van der Waals surface area (Å²) >= 11 is 0. The molecule has 1 aromatic heterocycles. The lowest BCUT2D eigenvalue weighted by atomic mass is 10.4. The number of aromatic nitrogens is 2. The van der Waals surface area contributed by atoms with E-state index < -0.39 is 24.6 Å². The van der Waals surface area contributed by atoms with Gasteiger partial charge in [-0.05, 0) is 0 Å². The molecule has 0 aromatic carbocycles. The molecule has 1 N–H and O–H groups in total. The van der Waals surface area contributed by atoms with Crippen LogP contribution in [0, 0.1) is 0 Å². The molecule has 0 spiro atoms. The van der Waals surface area contributed by atoms with E-state index in [0.717, 1.165) is 6.07 Å². The van der Waals surface area contributed by atoms with E-state index in [1.807, 2.05) is 5.10 Å². The van der Waals surface area contributed by atoms with E-state index in [0.29, 0.717) is 0 Å². The summed E-state index contributed by atoms with van der Waals surface area (Å²) in [6, 6.07) is 0.719. The third-order valence-electron chi connectivity index (χ3n) is 1.01. The average molecular weight is 184 g/mol. The van der Waals surface area contributed by atoms with Crippen LogP contribution < -0.4 is 4.74 Å². The molecule has 1 rings (SSSR count). The molecule has 12 heavy (non-hydrogen) atoms. The van der Waals surface area contributed by atoms with Crippen LogP contribution in [-0.4, -0.2) is 16.8 Å². The van der Waals surface area contributed by atoms with Crippen molar-refractivity contribution in [3.8, 4) is 5.88 Å². The number of nitrogens with one attached hydrogen (secondary N) is 1. The maximum absolute atomic E-state index is 11.8. The van der Waals surface area contributed by atoms with Crippen molar-refractivity contribution in [2.75, 3.05) is 0 Å². The topological polar surface area (TPSA) is 37.9 Å². The Labute approximate surface area is 64.3 Å². The van der Waals surface area contributed by atoms with E-state index in [2.05, 4.69) is 9.84 Å². The molecular formula is C5H4F4N2O. The Morgan fingerprint density at radius 1 is 1.33 bits per heavy atom. The van der Waals surface area contributed by atoms with Crippen LogP contribution in [0.4, 0.5) is 17.6 Å². The second-order valence-electron chi connectivity index (χ2n) is 1.84. The van der Waals surface area contributed by atoms with Crippen molar-refractivity contribution in [1.82, 2.24) is 10.2 Å². The van der Waals surface area contributed by atoms with Gasteiger partial charge in [0, 0.05) is 6.07 Å². The van der Waals surface area contributed by atoms with Crippen molar-refractivity contribution < 1.29 is 22.3 Å². The first-order valence-electron chi connectivity index (χ1n) is 2.88. The molecule has 0 saturated carbocycles. The third kappa shape index (κ3) is 2.11. The lowest BCUT2D eigenvalue weighted by Crippen LogP contribution is -2.01. The Kier molecular flexibility index (Phi) is 2.51. The number of aromatic amines is 1. The Hall–Kier alpha value is -1.27. The number of hydrogen-bond acceptors (Lipinski definition) is 2. The molecule has 0 aliphatic carbocycles. The molecule has 0 fully saturated rings. The van der Waals surface area contributed by atoms with Crippen molar-refractivity contribution in [1.29, 1.82) is 0 Å². The Morgan fingerprint density at radius 2 is 2.00 bits per heavy atom. The van der Waals surface area contributed by atoms with Crippen molar-refractivity contribution >= 4 is 0 Å². The summed E-state index contributed by atoms with van der Waals surface area (Å²) in [5, 5.41) is 4.92. The summed E-state index contributed by atoms with van der Waals surface area (Å²) in [5.74, 6) is -0.472. The van der Waals surface area contributed by atoms with Crippen LogP contribution in [-0.2, 0) is 0 Å². The first-order valence-corrected chi connectivity index (χ1v) is 2.88. The summed E-state index contributed by atoms with van der Waals surface area (Å²) in [5.41, 5.74) is -0.620. The molecule has 0 aliphatic rings. The minimum Gasteiger partial charge on any atom is -0.417 e. The second kappa shape index (κ2) is 3.42. The van der Waals surface area contributed by atoms with Gasteiger partial charge in [-0.2, -0.15) is 13.9 Å².